The molecule has 0 aromatic heterocycles. The molecule has 10 nitrogen and oxygen atoms in total. The smallest absolute Gasteiger partial charge is 0.307 e. The molecule has 1 aliphatic carbocycles. The molecule has 2 aromatic rings. The molecule has 0 spiro atoms. The molecule has 1 aliphatic rings. The topological polar surface area (TPSA) is 183 Å². The Hall–Kier alpha value is -4.34. The number of hydrogen-bond donors (Lipinski definition) is 4. The van der Waals surface area contributed by atoms with E-state index < -0.39 is 61.1 Å². The Kier molecular flexibility index (Phi) is 6.83. The molecular formula is C26H24O10. The van der Waals surface area contributed by atoms with Gasteiger partial charge in [0.25, 0.3) is 0 Å². The maximum atomic E-state index is 13.9. The van der Waals surface area contributed by atoms with Crippen molar-refractivity contribution in [3.63, 3.8) is 0 Å². The van der Waals surface area contributed by atoms with Crippen LogP contribution in [-0.2, 0) is 44.9 Å². The lowest BCUT2D eigenvalue weighted by atomic mass is 9.71. The second-order valence-electron chi connectivity index (χ2n) is 8.85. The molecule has 3 rings (SSSR count). The number of carbonyl (C=O) groups excluding carboxylic acids is 2. The van der Waals surface area contributed by atoms with E-state index in [4.69, 9.17) is 0 Å². The molecule has 0 radical (unpaired) electrons. The molecule has 188 valence electrons. The van der Waals surface area contributed by atoms with E-state index >= 15 is 0 Å². The van der Waals surface area contributed by atoms with Crippen LogP contribution in [0.3, 0.4) is 0 Å². The minimum atomic E-state index is -1.44. The van der Waals surface area contributed by atoms with Gasteiger partial charge in [0.15, 0.2) is 11.6 Å². The summed E-state index contributed by atoms with van der Waals surface area (Å²) in [7, 11) is 0. The Bertz CT molecular complexity index is 1310. The van der Waals surface area contributed by atoms with Crippen molar-refractivity contribution in [1.82, 2.24) is 0 Å². The summed E-state index contributed by atoms with van der Waals surface area (Å²) in [5, 5.41) is 38.2. The first-order valence-electron chi connectivity index (χ1n) is 10.9. The highest BCUT2D eigenvalue weighted by atomic mass is 16.4. The van der Waals surface area contributed by atoms with Crippen LogP contribution in [0.15, 0.2) is 0 Å². The zero-order valence-electron chi connectivity index (χ0n) is 20.1. The van der Waals surface area contributed by atoms with Gasteiger partial charge in [-0.2, -0.15) is 0 Å². The van der Waals surface area contributed by atoms with Gasteiger partial charge in [0.05, 0.1) is 25.7 Å². The molecule has 36 heavy (non-hydrogen) atoms. The number of carbonyl (C=O) groups is 6. The first kappa shape index (κ1) is 26.3. The number of aliphatic carboxylic acids is 4. The van der Waals surface area contributed by atoms with Gasteiger partial charge in [-0.15, -0.1) is 0 Å². The second kappa shape index (κ2) is 9.37. The third-order valence-corrected chi connectivity index (χ3v) is 6.85. The van der Waals surface area contributed by atoms with Gasteiger partial charge >= 0.3 is 23.9 Å². The number of rotatable bonds is 8. The van der Waals surface area contributed by atoms with Crippen LogP contribution >= 0.6 is 0 Å². The molecule has 0 unspecified atom stereocenters. The third kappa shape index (κ3) is 4.26. The minimum Gasteiger partial charge on any atom is -0.481 e. The Balaban J connectivity index is 2.64. The van der Waals surface area contributed by atoms with E-state index in [2.05, 4.69) is 0 Å². The molecule has 0 saturated heterocycles. The fourth-order valence-corrected chi connectivity index (χ4v) is 5.02. The van der Waals surface area contributed by atoms with Crippen molar-refractivity contribution in [3.8, 4) is 0 Å². The lowest BCUT2D eigenvalue weighted by molar-refractivity contribution is -0.138. The molecule has 0 amide bonds. The molecule has 0 aliphatic heterocycles. The monoisotopic (exact) mass is 496 g/mol. The Labute approximate surface area is 205 Å². The lowest BCUT2D eigenvalue weighted by Crippen LogP contribution is -2.31. The van der Waals surface area contributed by atoms with Crippen LogP contribution in [0.4, 0.5) is 0 Å². The Morgan fingerprint density at radius 3 is 0.944 bits per heavy atom. The average molecular weight is 496 g/mol. The van der Waals surface area contributed by atoms with E-state index in [1.54, 1.807) is 27.7 Å². The van der Waals surface area contributed by atoms with E-state index in [1.165, 1.54) is 0 Å². The van der Waals surface area contributed by atoms with Gasteiger partial charge in [-0.1, -0.05) is 0 Å². The molecule has 0 heterocycles. The van der Waals surface area contributed by atoms with Crippen LogP contribution in [0.5, 0.6) is 0 Å². The zero-order chi connectivity index (χ0) is 27.2. The molecule has 0 atom stereocenters. The SMILES string of the molecule is Cc1c(C)c(C)c2c(c1C)C(=O)c1c(CC(=O)O)c(CC(=O)O)c(CC(=O)O)c(CC(=O)O)c1C2=O. The molecule has 2 aromatic carbocycles. The average Bonchev–Trinajstić information content (AvgIpc) is 2.75. The molecule has 10 heteroatoms. The Morgan fingerprint density at radius 2 is 0.694 bits per heavy atom. The lowest BCUT2D eigenvalue weighted by Gasteiger charge is -2.30. The predicted molar refractivity (Wildman–Crippen MR) is 124 cm³/mol. The van der Waals surface area contributed by atoms with E-state index in [9.17, 15) is 49.2 Å². The van der Waals surface area contributed by atoms with Crippen molar-refractivity contribution in [3.05, 3.63) is 66.8 Å². The summed E-state index contributed by atoms with van der Waals surface area (Å²) in [6.45, 7) is 6.82. The molecule has 4 N–H and O–H groups in total. The number of fused-ring (bicyclic) bond motifs is 2. The third-order valence-electron chi connectivity index (χ3n) is 6.85. The largest absolute Gasteiger partial charge is 0.481 e. The molecule has 0 fully saturated rings. The summed E-state index contributed by atoms with van der Waals surface area (Å²) in [6, 6.07) is 0. The molecular weight excluding hydrogens is 472 g/mol. The van der Waals surface area contributed by atoms with Gasteiger partial charge in [-0.3, -0.25) is 28.8 Å². The summed E-state index contributed by atoms with van der Waals surface area (Å²) < 4.78 is 0. The predicted octanol–water partition coefficient (Wildman–Crippen LogP) is 2.20. The van der Waals surface area contributed by atoms with Crippen molar-refractivity contribution in [1.29, 1.82) is 0 Å². The summed E-state index contributed by atoms with van der Waals surface area (Å²) >= 11 is 0. The fraction of sp³-hybridized carbons (Fsp3) is 0.308. The van der Waals surface area contributed by atoms with Gasteiger partial charge in [-0.05, 0) is 72.2 Å². The van der Waals surface area contributed by atoms with E-state index in [-0.39, 0.29) is 44.5 Å². The normalized spacial score (nSPS) is 12.2. The van der Waals surface area contributed by atoms with Crippen LogP contribution in [-0.4, -0.2) is 55.9 Å². The summed E-state index contributed by atoms with van der Waals surface area (Å²) in [4.78, 5) is 74.9. The standard InChI is InChI=1S/C26H24O10/c1-9-10(2)12(4)22-21(11(9)3)25(35)23-15(7-19(31)32)13(5-17(27)28)14(6-18(29)30)16(8-20(33)34)24(23)26(22)36/h5-8H2,1-4H3,(H,27,28)(H,29,30)(H,31,32)(H,33,34). The van der Waals surface area contributed by atoms with Crippen LogP contribution < -0.4 is 0 Å². The van der Waals surface area contributed by atoms with Crippen molar-refractivity contribution < 1.29 is 49.2 Å². The summed E-state index contributed by atoms with van der Waals surface area (Å²) in [5.74, 6) is -7.20. The highest BCUT2D eigenvalue weighted by molar-refractivity contribution is 6.31. The van der Waals surface area contributed by atoms with E-state index in [0.29, 0.717) is 11.1 Å². The van der Waals surface area contributed by atoms with Crippen LogP contribution in [0.25, 0.3) is 0 Å². The van der Waals surface area contributed by atoms with E-state index in [0.717, 1.165) is 11.1 Å². The van der Waals surface area contributed by atoms with Crippen LogP contribution in [0, 0.1) is 27.7 Å². The number of carboxylic acids is 4. The first-order valence-corrected chi connectivity index (χ1v) is 10.9. The van der Waals surface area contributed by atoms with Crippen LogP contribution in [0.1, 0.15) is 76.4 Å². The number of hydrogen-bond acceptors (Lipinski definition) is 6. The second-order valence-corrected chi connectivity index (χ2v) is 8.85. The Morgan fingerprint density at radius 1 is 0.444 bits per heavy atom. The van der Waals surface area contributed by atoms with Gasteiger partial charge in [-0.25, -0.2) is 0 Å². The van der Waals surface area contributed by atoms with Crippen molar-refractivity contribution in [2.75, 3.05) is 0 Å². The van der Waals surface area contributed by atoms with Gasteiger partial charge in [0.2, 0.25) is 0 Å². The quantitative estimate of drug-likeness (QED) is 0.360. The summed E-state index contributed by atoms with van der Waals surface area (Å²) in [5.41, 5.74) is 0.708. The maximum absolute atomic E-state index is 13.9. The van der Waals surface area contributed by atoms with Crippen LogP contribution in [0.2, 0.25) is 0 Å². The van der Waals surface area contributed by atoms with Crippen molar-refractivity contribution in [2.45, 2.75) is 53.4 Å². The highest BCUT2D eigenvalue weighted by Gasteiger charge is 2.40. The maximum Gasteiger partial charge on any atom is 0.307 e. The minimum absolute atomic E-state index is 0.0493. The van der Waals surface area contributed by atoms with Gasteiger partial charge in [0, 0.05) is 22.3 Å². The zero-order valence-corrected chi connectivity index (χ0v) is 20.1. The van der Waals surface area contributed by atoms with Crippen molar-refractivity contribution in [2.24, 2.45) is 0 Å². The van der Waals surface area contributed by atoms with Gasteiger partial charge in [0.1, 0.15) is 0 Å². The fourth-order valence-electron chi connectivity index (χ4n) is 5.02. The molecule has 0 bridgehead atoms. The number of ketones is 2. The van der Waals surface area contributed by atoms with E-state index in [1.807, 2.05) is 0 Å². The first-order chi connectivity index (χ1) is 16.7. The highest BCUT2D eigenvalue weighted by Crippen LogP contribution is 2.41. The molecule has 0 saturated carbocycles. The van der Waals surface area contributed by atoms with Crippen molar-refractivity contribution >= 4 is 35.4 Å². The summed E-state index contributed by atoms with van der Waals surface area (Å²) in [6.07, 6.45) is -3.43. The van der Waals surface area contributed by atoms with Gasteiger partial charge < -0.3 is 20.4 Å². The number of benzene rings is 2. The number of carboxylic acid groups (broad SMARTS) is 4.